The van der Waals surface area contributed by atoms with Gasteiger partial charge in [-0.15, -0.1) is 0 Å². The molecule has 3 nitrogen and oxygen atoms in total. The number of piperazine rings is 1. The fourth-order valence-corrected chi connectivity index (χ4v) is 3.61. The molecule has 136 valence electrons. The molecule has 1 aromatic carbocycles. The molecule has 1 saturated heterocycles. The van der Waals surface area contributed by atoms with Crippen molar-refractivity contribution in [3.05, 3.63) is 52.2 Å². The third kappa shape index (κ3) is 4.31. The van der Waals surface area contributed by atoms with Crippen LogP contribution in [-0.4, -0.2) is 43.6 Å². The number of ether oxygens (including phenoxy) is 1. The van der Waals surface area contributed by atoms with E-state index in [0.717, 1.165) is 37.3 Å². The Morgan fingerprint density at radius 1 is 1.12 bits per heavy atom. The van der Waals surface area contributed by atoms with Crippen molar-refractivity contribution in [3.63, 3.8) is 0 Å². The summed E-state index contributed by atoms with van der Waals surface area (Å²) in [6, 6.07) is 7.89. The summed E-state index contributed by atoms with van der Waals surface area (Å²) < 4.78 is 55.4. The van der Waals surface area contributed by atoms with Crippen molar-refractivity contribution in [2.75, 3.05) is 26.2 Å². The molecule has 3 rings (SSSR count). The number of benzene rings is 1. The SMILES string of the molecule is FC(F)C(F)(F)Oc1cccc([C@H](c2ccsc2)N2CCNCC2)c1. The van der Waals surface area contributed by atoms with Gasteiger partial charge in [-0.2, -0.15) is 28.9 Å². The fraction of sp³-hybridized carbons (Fsp3) is 0.412. The van der Waals surface area contributed by atoms with Gasteiger partial charge in [0.15, 0.2) is 0 Å². The van der Waals surface area contributed by atoms with E-state index in [1.54, 1.807) is 23.5 Å². The Morgan fingerprint density at radius 3 is 2.52 bits per heavy atom. The zero-order valence-corrected chi connectivity index (χ0v) is 14.1. The summed E-state index contributed by atoms with van der Waals surface area (Å²) in [6.07, 6.45) is -8.39. The lowest BCUT2D eigenvalue weighted by Gasteiger charge is -2.35. The summed E-state index contributed by atoms with van der Waals surface area (Å²) in [7, 11) is 0. The average Bonchev–Trinajstić information content (AvgIpc) is 3.10. The minimum atomic E-state index is -4.51. The molecule has 8 heteroatoms. The Morgan fingerprint density at radius 2 is 1.88 bits per heavy atom. The molecule has 0 unspecified atom stereocenters. The van der Waals surface area contributed by atoms with Crippen LogP contribution >= 0.6 is 11.3 Å². The van der Waals surface area contributed by atoms with Gasteiger partial charge in [-0.25, -0.2) is 0 Å². The number of nitrogens with zero attached hydrogens (tertiary/aromatic N) is 1. The second-order valence-corrected chi connectivity index (χ2v) is 6.56. The van der Waals surface area contributed by atoms with Crippen molar-refractivity contribution in [1.29, 1.82) is 0 Å². The van der Waals surface area contributed by atoms with Gasteiger partial charge in [0.25, 0.3) is 0 Å². The maximum Gasteiger partial charge on any atom is 0.461 e. The molecule has 2 aromatic rings. The number of thiophene rings is 1. The van der Waals surface area contributed by atoms with Gasteiger partial charge in [-0.05, 0) is 40.1 Å². The van der Waals surface area contributed by atoms with Crippen molar-refractivity contribution >= 4 is 11.3 Å². The molecule has 0 bridgehead atoms. The van der Waals surface area contributed by atoms with Gasteiger partial charge in [-0.3, -0.25) is 4.90 Å². The van der Waals surface area contributed by atoms with E-state index in [4.69, 9.17) is 0 Å². The minimum absolute atomic E-state index is 0.128. The van der Waals surface area contributed by atoms with Crippen LogP contribution in [0.15, 0.2) is 41.1 Å². The molecular weight excluding hydrogens is 356 g/mol. The van der Waals surface area contributed by atoms with E-state index in [2.05, 4.69) is 15.0 Å². The molecule has 1 N–H and O–H groups in total. The number of rotatable bonds is 6. The molecule has 25 heavy (non-hydrogen) atoms. The molecule has 1 aromatic heterocycles. The summed E-state index contributed by atoms with van der Waals surface area (Å²) in [5.41, 5.74) is 1.78. The first-order chi connectivity index (χ1) is 12.0. The fourth-order valence-electron chi connectivity index (χ4n) is 2.93. The molecule has 0 radical (unpaired) electrons. The smallest absolute Gasteiger partial charge is 0.428 e. The number of nitrogens with one attached hydrogen (secondary N) is 1. The van der Waals surface area contributed by atoms with Crippen LogP contribution in [0.2, 0.25) is 0 Å². The van der Waals surface area contributed by atoms with Gasteiger partial charge in [0.2, 0.25) is 0 Å². The van der Waals surface area contributed by atoms with Gasteiger partial charge in [0.05, 0.1) is 6.04 Å². The molecule has 0 saturated carbocycles. The molecule has 0 aliphatic carbocycles. The first-order valence-electron chi connectivity index (χ1n) is 7.89. The van der Waals surface area contributed by atoms with Crippen LogP contribution in [0.1, 0.15) is 17.2 Å². The van der Waals surface area contributed by atoms with E-state index in [0.29, 0.717) is 0 Å². The number of hydrogen-bond acceptors (Lipinski definition) is 4. The molecule has 1 aliphatic heterocycles. The quantitative estimate of drug-likeness (QED) is 0.774. The summed E-state index contributed by atoms with van der Waals surface area (Å²) >= 11 is 1.55. The van der Waals surface area contributed by atoms with Crippen molar-refractivity contribution in [2.24, 2.45) is 0 Å². The van der Waals surface area contributed by atoms with Crippen molar-refractivity contribution in [1.82, 2.24) is 10.2 Å². The zero-order chi connectivity index (χ0) is 17.9. The van der Waals surface area contributed by atoms with Gasteiger partial charge >= 0.3 is 12.5 Å². The van der Waals surface area contributed by atoms with Gasteiger partial charge in [-0.1, -0.05) is 12.1 Å². The van der Waals surface area contributed by atoms with Crippen LogP contribution in [0, 0.1) is 0 Å². The molecule has 1 fully saturated rings. The van der Waals surface area contributed by atoms with Crippen molar-refractivity contribution in [2.45, 2.75) is 18.6 Å². The van der Waals surface area contributed by atoms with Gasteiger partial charge in [0.1, 0.15) is 5.75 Å². The van der Waals surface area contributed by atoms with Crippen molar-refractivity contribution < 1.29 is 22.3 Å². The van der Waals surface area contributed by atoms with Crippen LogP contribution in [0.5, 0.6) is 5.75 Å². The second-order valence-electron chi connectivity index (χ2n) is 5.78. The van der Waals surface area contributed by atoms with Gasteiger partial charge in [0, 0.05) is 26.2 Å². The van der Waals surface area contributed by atoms with E-state index in [9.17, 15) is 17.6 Å². The van der Waals surface area contributed by atoms with E-state index in [1.165, 1.54) is 12.1 Å². The van der Waals surface area contributed by atoms with E-state index in [1.807, 2.05) is 16.8 Å². The number of alkyl halides is 4. The highest BCUT2D eigenvalue weighted by atomic mass is 32.1. The summed E-state index contributed by atoms with van der Waals surface area (Å²) in [5.74, 6) is -0.266. The lowest BCUT2D eigenvalue weighted by atomic mass is 9.98. The summed E-state index contributed by atoms with van der Waals surface area (Å²) in [4.78, 5) is 2.24. The monoisotopic (exact) mass is 374 g/mol. The highest BCUT2D eigenvalue weighted by molar-refractivity contribution is 7.08. The topological polar surface area (TPSA) is 24.5 Å². The second kappa shape index (κ2) is 7.72. The highest BCUT2D eigenvalue weighted by Crippen LogP contribution is 2.34. The average molecular weight is 374 g/mol. The molecule has 2 heterocycles. The van der Waals surface area contributed by atoms with Gasteiger partial charge < -0.3 is 10.1 Å². The Kier molecular flexibility index (Phi) is 5.61. The van der Waals surface area contributed by atoms with E-state index >= 15 is 0 Å². The molecule has 0 amide bonds. The molecule has 1 aliphatic rings. The zero-order valence-electron chi connectivity index (χ0n) is 13.3. The predicted molar refractivity (Wildman–Crippen MR) is 88.6 cm³/mol. The number of halogens is 4. The lowest BCUT2D eigenvalue weighted by Crippen LogP contribution is -2.45. The van der Waals surface area contributed by atoms with Crippen LogP contribution < -0.4 is 10.1 Å². The maximum atomic E-state index is 13.2. The first-order valence-corrected chi connectivity index (χ1v) is 8.83. The number of hydrogen-bond donors (Lipinski definition) is 1. The minimum Gasteiger partial charge on any atom is -0.428 e. The Balaban J connectivity index is 1.90. The summed E-state index contributed by atoms with van der Waals surface area (Å²) in [6.45, 7) is 3.28. The standard InChI is InChI=1S/C17H18F4N2OS/c18-16(19)17(20,21)24-14-3-1-2-12(10-14)15(13-4-9-25-11-13)23-7-5-22-6-8-23/h1-4,9-11,15-16,22H,5-8H2/t15-/m1/s1. The van der Waals surface area contributed by atoms with Crippen LogP contribution in [0.4, 0.5) is 17.6 Å². The largest absolute Gasteiger partial charge is 0.461 e. The Bertz CT molecular complexity index is 675. The maximum absolute atomic E-state index is 13.2. The first kappa shape index (κ1) is 18.2. The third-order valence-corrected chi connectivity index (χ3v) is 4.76. The molecule has 0 spiro atoms. The predicted octanol–water partition coefficient (Wildman–Crippen LogP) is 3.98. The van der Waals surface area contributed by atoms with Crippen molar-refractivity contribution in [3.8, 4) is 5.75 Å². The van der Waals surface area contributed by atoms with E-state index in [-0.39, 0.29) is 11.8 Å². The van der Waals surface area contributed by atoms with Crippen LogP contribution in [-0.2, 0) is 0 Å². The molecule has 1 atom stereocenters. The normalized spacial score (nSPS) is 17.6. The Labute approximate surface area is 147 Å². The van der Waals surface area contributed by atoms with E-state index < -0.39 is 12.5 Å². The van der Waals surface area contributed by atoms with Crippen LogP contribution in [0.3, 0.4) is 0 Å². The Hall–Kier alpha value is -1.64. The summed E-state index contributed by atoms with van der Waals surface area (Å²) in [5, 5.41) is 7.24. The third-order valence-electron chi connectivity index (χ3n) is 4.06. The molecular formula is C17H18F4N2OS. The highest BCUT2D eigenvalue weighted by Gasteiger charge is 2.44. The lowest BCUT2D eigenvalue weighted by molar-refractivity contribution is -0.253. The van der Waals surface area contributed by atoms with Crippen LogP contribution in [0.25, 0.3) is 0 Å².